The highest BCUT2D eigenvalue weighted by Crippen LogP contribution is 2.26. The zero-order chi connectivity index (χ0) is 23.9. The van der Waals surface area contributed by atoms with Crippen molar-refractivity contribution in [3.63, 3.8) is 0 Å². The Kier molecular flexibility index (Phi) is 9.87. The summed E-state index contributed by atoms with van der Waals surface area (Å²) >= 11 is 4.26. The van der Waals surface area contributed by atoms with E-state index in [9.17, 15) is 14.4 Å². The molecule has 0 bridgehead atoms. The van der Waals surface area contributed by atoms with Crippen molar-refractivity contribution in [2.24, 2.45) is 0 Å². The summed E-state index contributed by atoms with van der Waals surface area (Å²) in [5, 5.41) is 5.50. The van der Waals surface area contributed by atoms with Crippen molar-refractivity contribution in [3.05, 3.63) is 35.4 Å². The Morgan fingerprint density at radius 3 is 2.00 bits per heavy atom. The van der Waals surface area contributed by atoms with Gasteiger partial charge in [0.2, 0.25) is 11.8 Å². The molecule has 0 aliphatic carbocycles. The fraction of sp³-hybridized carbons (Fsp3) is 0.609. The van der Waals surface area contributed by atoms with Crippen LogP contribution in [0.4, 0.5) is 4.79 Å². The van der Waals surface area contributed by atoms with Crippen LogP contribution < -0.4 is 10.6 Å². The highest BCUT2D eigenvalue weighted by molar-refractivity contribution is 7.80. The molecule has 1 rings (SSSR count). The van der Waals surface area contributed by atoms with E-state index in [1.807, 2.05) is 58.9 Å². The minimum absolute atomic E-state index is 0.0632. The molecule has 1 aromatic carbocycles. The molecule has 2 atom stereocenters. The monoisotopic (exact) mass is 451 g/mol. The Balaban J connectivity index is 3.31. The number of hydrogen-bond donors (Lipinski definition) is 3. The zero-order valence-electron chi connectivity index (χ0n) is 19.9. The predicted octanol–water partition coefficient (Wildman–Crippen LogP) is 3.62. The van der Waals surface area contributed by atoms with Crippen molar-refractivity contribution in [3.8, 4) is 0 Å². The molecule has 0 heterocycles. The van der Waals surface area contributed by atoms with Crippen LogP contribution >= 0.6 is 12.6 Å². The van der Waals surface area contributed by atoms with Crippen LogP contribution in [0.3, 0.4) is 0 Å². The SMILES string of the molecule is Cc1ccc(C(C(=O)NC(C)C)N(C(=O)C(CS)NC(=O)OC(C)(C)C)C(C)C)cc1. The summed E-state index contributed by atoms with van der Waals surface area (Å²) in [7, 11) is 0. The average Bonchev–Trinajstić information content (AvgIpc) is 2.62. The van der Waals surface area contributed by atoms with Crippen LogP contribution in [-0.2, 0) is 14.3 Å². The summed E-state index contributed by atoms with van der Waals surface area (Å²) in [6.07, 6.45) is -0.706. The standard InChI is InChI=1S/C23H37N3O4S/c1-14(2)24-20(27)19(17-11-9-16(5)10-12-17)26(15(3)4)21(28)18(13-31)25-22(29)30-23(6,7)8/h9-12,14-15,18-19,31H,13H2,1-8H3,(H,24,27)(H,25,29). The first-order valence-corrected chi connectivity index (χ1v) is 11.2. The molecule has 0 radical (unpaired) electrons. The molecule has 31 heavy (non-hydrogen) atoms. The van der Waals surface area contributed by atoms with Gasteiger partial charge in [0.15, 0.2) is 0 Å². The van der Waals surface area contributed by atoms with Gasteiger partial charge in [-0.05, 0) is 61.0 Å². The molecule has 0 spiro atoms. The van der Waals surface area contributed by atoms with E-state index in [0.29, 0.717) is 5.56 Å². The number of hydrogen-bond acceptors (Lipinski definition) is 5. The van der Waals surface area contributed by atoms with Crippen molar-refractivity contribution >= 4 is 30.5 Å². The summed E-state index contributed by atoms with van der Waals surface area (Å²) in [5.41, 5.74) is 1.04. The smallest absolute Gasteiger partial charge is 0.408 e. The van der Waals surface area contributed by atoms with Gasteiger partial charge in [0.05, 0.1) is 0 Å². The lowest BCUT2D eigenvalue weighted by Gasteiger charge is -2.37. The molecule has 2 unspecified atom stereocenters. The van der Waals surface area contributed by atoms with Crippen LogP contribution in [0.1, 0.15) is 65.6 Å². The molecule has 0 aliphatic rings. The van der Waals surface area contributed by atoms with Crippen molar-refractivity contribution < 1.29 is 19.1 Å². The summed E-state index contributed by atoms with van der Waals surface area (Å²) in [5.74, 6) is -0.621. The Bertz CT molecular complexity index is 757. The van der Waals surface area contributed by atoms with E-state index in [4.69, 9.17) is 4.74 Å². The molecular weight excluding hydrogens is 414 g/mol. The van der Waals surface area contributed by atoms with E-state index in [0.717, 1.165) is 5.56 Å². The van der Waals surface area contributed by atoms with E-state index in [1.165, 1.54) is 4.90 Å². The van der Waals surface area contributed by atoms with Gasteiger partial charge >= 0.3 is 6.09 Å². The largest absolute Gasteiger partial charge is 0.444 e. The first-order chi connectivity index (χ1) is 14.3. The maximum absolute atomic E-state index is 13.5. The van der Waals surface area contributed by atoms with E-state index < -0.39 is 29.7 Å². The van der Waals surface area contributed by atoms with Crippen molar-refractivity contribution in [2.45, 2.75) is 85.2 Å². The molecule has 0 saturated heterocycles. The summed E-state index contributed by atoms with van der Waals surface area (Å²) in [6, 6.07) is 5.31. The minimum atomic E-state index is -0.944. The number of nitrogens with zero attached hydrogens (tertiary/aromatic N) is 1. The van der Waals surface area contributed by atoms with E-state index in [-0.39, 0.29) is 23.7 Å². The Labute approximate surface area is 191 Å². The third-order valence-corrected chi connectivity index (χ3v) is 4.70. The number of carbonyl (C=O) groups is 3. The Hall–Kier alpha value is -2.22. The number of amides is 3. The molecule has 0 saturated carbocycles. The van der Waals surface area contributed by atoms with Gasteiger partial charge in [-0.15, -0.1) is 0 Å². The Morgan fingerprint density at radius 1 is 1.03 bits per heavy atom. The lowest BCUT2D eigenvalue weighted by Crippen LogP contribution is -2.56. The summed E-state index contributed by atoms with van der Waals surface area (Å²) in [6.45, 7) is 14.6. The maximum Gasteiger partial charge on any atom is 0.408 e. The quantitative estimate of drug-likeness (QED) is 0.527. The van der Waals surface area contributed by atoms with Crippen LogP contribution in [-0.4, -0.2) is 52.3 Å². The van der Waals surface area contributed by atoms with Crippen molar-refractivity contribution in [1.29, 1.82) is 0 Å². The predicted molar refractivity (Wildman–Crippen MR) is 126 cm³/mol. The van der Waals surface area contributed by atoms with E-state index in [2.05, 4.69) is 23.3 Å². The second-order valence-electron chi connectivity index (χ2n) is 9.20. The van der Waals surface area contributed by atoms with Crippen LogP contribution in [0.5, 0.6) is 0 Å². The topological polar surface area (TPSA) is 87.7 Å². The summed E-state index contributed by atoms with van der Waals surface area (Å²) in [4.78, 5) is 40.5. The molecule has 0 fully saturated rings. The molecule has 2 N–H and O–H groups in total. The third-order valence-electron chi connectivity index (χ3n) is 4.33. The molecule has 1 aromatic rings. The van der Waals surface area contributed by atoms with Gasteiger partial charge in [0.1, 0.15) is 17.7 Å². The normalized spacial score (nSPS) is 13.5. The van der Waals surface area contributed by atoms with Gasteiger partial charge in [-0.2, -0.15) is 12.6 Å². The second kappa shape index (κ2) is 11.4. The van der Waals surface area contributed by atoms with Gasteiger partial charge in [0, 0.05) is 17.8 Å². The first-order valence-electron chi connectivity index (χ1n) is 10.6. The highest BCUT2D eigenvalue weighted by atomic mass is 32.1. The Morgan fingerprint density at radius 2 is 1.58 bits per heavy atom. The van der Waals surface area contributed by atoms with Crippen LogP contribution in [0.15, 0.2) is 24.3 Å². The molecule has 7 nitrogen and oxygen atoms in total. The van der Waals surface area contributed by atoms with E-state index >= 15 is 0 Å². The molecular formula is C23H37N3O4S. The molecule has 0 aliphatic heterocycles. The molecule has 3 amide bonds. The number of carbonyl (C=O) groups excluding carboxylic acids is 3. The van der Waals surface area contributed by atoms with Crippen molar-refractivity contribution in [1.82, 2.24) is 15.5 Å². The fourth-order valence-corrected chi connectivity index (χ4v) is 3.29. The number of ether oxygens (including phenoxy) is 1. The number of thiol groups is 1. The number of aryl methyl sites for hydroxylation is 1. The van der Waals surface area contributed by atoms with Gasteiger partial charge < -0.3 is 20.3 Å². The van der Waals surface area contributed by atoms with Crippen LogP contribution in [0.25, 0.3) is 0 Å². The van der Waals surface area contributed by atoms with Gasteiger partial charge in [-0.25, -0.2) is 4.79 Å². The third kappa shape index (κ3) is 8.44. The van der Waals surface area contributed by atoms with Crippen LogP contribution in [0.2, 0.25) is 0 Å². The fourth-order valence-electron chi connectivity index (χ4n) is 3.05. The molecule has 174 valence electrons. The number of nitrogens with one attached hydrogen (secondary N) is 2. The zero-order valence-corrected chi connectivity index (χ0v) is 20.7. The molecule has 8 heteroatoms. The van der Waals surface area contributed by atoms with E-state index in [1.54, 1.807) is 20.8 Å². The first kappa shape index (κ1) is 26.8. The lowest BCUT2D eigenvalue weighted by molar-refractivity contribution is -0.144. The molecule has 0 aromatic heterocycles. The van der Waals surface area contributed by atoms with Gasteiger partial charge in [0.25, 0.3) is 0 Å². The number of benzene rings is 1. The lowest BCUT2D eigenvalue weighted by atomic mass is 10.00. The summed E-state index contributed by atoms with van der Waals surface area (Å²) < 4.78 is 5.28. The minimum Gasteiger partial charge on any atom is -0.444 e. The number of rotatable bonds is 8. The second-order valence-corrected chi connectivity index (χ2v) is 9.56. The average molecular weight is 452 g/mol. The van der Waals surface area contributed by atoms with Gasteiger partial charge in [-0.1, -0.05) is 29.8 Å². The highest BCUT2D eigenvalue weighted by Gasteiger charge is 2.37. The number of alkyl carbamates (subject to hydrolysis) is 1. The van der Waals surface area contributed by atoms with Gasteiger partial charge in [-0.3, -0.25) is 9.59 Å². The van der Waals surface area contributed by atoms with Crippen LogP contribution in [0, 0.1) is 6.92 Å². The van der Waals surface area contributed by atoms with Crippen molar-refractivity contribution in [2.75, 3.05) is 5.75 Å². The maximum atomic E-state index is 13.5.